The van der Waals surface area contributed by atoms with Crippen molar-refractivity contribution in [3.05, 3.63) is 29.8 Å². The second-order valence-electron chi connectivity index (χ2n) is 2.96. The minimum Gasteiger partial charge on any atom is -0.486 e. The van der Waals surface area contributed by atoms with E-state index in [2.05, 4.69) is 0 Å². The molecule has 0 aromatic heterocycles. The van der Waals surface area contributed by atoms with Gasteiger partial charge in [-0.1, -0.05) is 18.2 Å². The fourth-order valence-corrected chi connectivity index (χ4v) is 1.43. The molecular weight excluding hydrogens is 200 g/mol. The van der Waals surface area contributed by atoms with E-state index in [-0.39, 0.29) is 0 Å². The average molecular weight is 211 g/mol. The first-order valence-corrected chi connectivity index (χ1v) is 5.06. The summed E-state index contributed by atoms with van der Waals surface area (Å²) in [6.45, 7) is 1.25. The Morgan fingerprint density at radius 3 is 2.79 bits per heavy atom. The number of fused-ring (bicyclic) bond motifs is 1. The Kier molecular flexibility index (Phi) is 2.94. The average Bonchev–Trinajstić information content (AvgIpc) is 2.26. The first-order chi connectivity index (χ1) is 6.90. The molecule has 0 saturated carbocycles. The lowest BCUT2D eigenvalue weighted by Gasteiger charge is -2.18. The van der Waals surface area contributed by atoms with Gasteiger partial charge >= 0.3 is 0 Å². The summed E-state index contributed by atoms with van der Waals surface area (Å²) in [6, 6.07) is 5.86. The van der Waals surface area contributed by atoms with Gasteiger partial charge in [-0.25, -0.2) is 0 Å². The van der Waals surface area contributed by atoms with E-state index in [1.165, 1.54) is 0 Å². The number of ether oxygens (including phenoxy) is 2. The van der Waals surface area contributed by atoms with Crippen molar-refractivity contribution in [2.24, 2.45) is 0 Å². The summed E-state index contributed by atoms with van der Waals surface area (Å²) in [5.41, 5.74) is 1.08. The number of halogens is 1. The SMILES string of the molecule is ClCC=Cc1ccc2c(c1)OCCO2. The smallest absolute Gasteiger partial charge is 0.161 e. The zero-order chi connectivity index (χ0) is 9.80. The molecule has 0 bridgehead atoms. The number of alkyl halides is 1. The predicted octanol–water partition coefficient (Wildman–Crippen LogP) is 2.71. The molecule has 1 heterocycles. The van der Waals surface area contributed by atoms with Crippen LogP contribution in [0.15, 0.2) is 24.3 Å². The fourth-order valence-electron chi connectivity index (χ4n) is 1.34. The van der Waals surface area contributed by atoms with Gasteiger partial charge in [0.1, 0.15) is 13.2 Å². The lowest BCUT2D eigenvalue weighted by molar-refractivity contribution is 0.171. The third-order valence-electron chi connectivity index (χ3n) is 1.97. The fraction of sp³-hybridized carbons (Fsp3) is 0.273. The monoisotopic (exact) mass is 210 g/mol. The highest BCUT2D eigenvalue weighted by Gasteiger charge is 2.10. The molecule has 74 valence electrons. The van der Waals surface area contributed by atoms with Crippen molar-refractivity contribution >= 4 is 17.7 Å². The van der Waals surface area contributed by atoms with Gasteiger partial charge in [0, 0.05) is 5.88 Å². The predicted molar refractivity (Wildman–Crippen MR) is 57.2 cm³/mol. The molecule has 14 heavy (non-hydrogen) atoms. The van der Waals surface area contributed by atoms with Crippen LogP contribution in [0.5, 0.6) is 11.5 Å². The third-order valence-corrected chi connectivity index (χ3v) is 2.14. The lowest BCUT2D eigenvalue weighted by atomic mass is 10.2. The van der Waals surface area contributed by atoms with E-state index in [1.807, 2.05) is 30.4 Å². The highest BCUT2D eigenvalue weighted by molar-refractivity contribution is 6.19. The van der Waals surface area contributed by atoms with E-state index in [0.29, 0.717) is 19.1 Å². The van der Waals surface area contributed by atoms with Gasteiger partial charge in [0.25, 0.3) is 0 Å². The van der Waals surface area contributed by atoms with Crippen LogP contribution < -0.4 is 9.47 Å². The quantitative estimate of drug-likeness (QED) is 0.699. The van der Waals surface area contributed by atoms with E-state index < -0.39 is 0 Å². The molecule has 1 aliphatic heterocycles. The molecule has 0 N–H and O–H groups in total. The van der Waals surface area contributed by atoms with Crippen LogP contribution in [-0.4, -0.2) is 19.1 Å². The van der Waals surface area contributed by atoms with E-state index in [4.69, 9.17) is 21.1 Å². The van der Waals surface area contributed by atoms with Crippen LogP contribution in [0.2, 0.25) is 0 Å². The summed E-state index contributed by atoms with van der Waals surface area (Å²) in [4.78, 5) is 0. The summed E-state index contributed by atoms with van der Waals surface area (Å²) in [5, 5.41) is 0. The van der Waals surface area contributed by atoms with Gasteiger partial charge in [-0.3, -0.25) is 0 Å². The summed E-state index contributed by atoms with van der Waals surface area (Å²) >= 11 is 5.55. The highest BCUT2D eigenvalue weighted by atomic mass is 35.5. The van der Waals surface area contributed by atoms with Gasteiger partial charge in [0.05, 0.1) is 0 Å². The van der Waals surface area contributed by atoms with Crippen LogP contribution in [0.4, 0.5) is 0 Å². The molecule has 1 aromatic carbocycles. The number of benzene rings is 1. The van der Waals surface area contributed by atoms with Crippen molar-refractivity contribution < 1.29 is 9.47 Å². The number of hydrogen-bond donors (Lipinski definition) is 0. The van der Waals surface area contributed by atoms with Crippen LogP contribution in [0.3, 0.4) is 0 Å². The molecule has 0 fully saturated rings. The Bertz CT molecular complexity index is 347. The third kappa shape index (κ3) is 2.02. The molecule has 0 amide bonds. The van der Waals surface area contributed by atoms with Gasteiger partial charge in [-0.15, -0.1) is 11.6 Å². The first kappa shape index (κ1) is 9.41. The molecule has 0 radical (unpaired) electrons. The van der Waals surface area contributed by atoms with Gasteiger partial charge in [-0.05, 0) is 17.7 Å². The highest BCUT2D eigenvalue weighted by Crippen LogP contribution is 2.30. The molecule has 2 rings (SSSR count). The summed E-state index contributed by atoms with van der Waals surface area (Å²) in [5.74, 6) is 2.15. The van der Waals surface area contributed by atoms with Gasteiger partial charge in [0.15, 0.2) is 11.5 Å². The van der Waals surface area contributed by atoms with Gasteiger partial charge < -0.3 is 9.47 Å². The van der Waals surface area contributed by atoms with Gasteiger partial charge in [-0.2, -0.15) is 0 Å². The number of allylic oxidation sites excluding steroid dienone is 1. The van der Waals surface area contributed by atoms with E-state index in [0.717, 1.165) is 17.1 Å². The number of rotatable bonds is 2. The Balaban J connectivity index is 2.24. The van der Waals surface area contributed by atoms with Crippen molar-refractivity contribution in [2.75, 3.05) is 19.1 Å². The molecule has 0 unspecified atom stereocenters. The second kappa shape index (κ2) is 4.38. The molecular formula is C11H11ClO2. The summed E-state index contributed by atoms with van der Waals surface area (Å²) in [7, 11) is 0. The molecule has 1 aromatic rings. The maximum atomic E-state index is 5.55. The molecule has 0 spiro atoms. The zero-order valence-electron chi connectivity index (χ0n) is 7.70. The minimum atomic E-state index is 0.522. The van der Waals surface area contributed by atoms with E-state index in [9.17, 15) is 0 Å². The Morgan fingerprint density at radius 2 is 2.00 bits per heavy atom. The molecule has 2 nitrogen and oxygen atoms in total. The maximum absolute atomic E-state index is 5.55. The van der Waals surface area contributed by atoms with Crippen molar-refractivity contribution in [1.29, 1.82) is 0 Å². The van der Waals surface area contributed by atoms with Gasteiger partial charge in [0.2, 0.25) is 0 Å². The Labute approximate surface area is 88.1 Å². The summed E-state index contributed by atoms with van der Waals surface area (Å²) < 4.78 is 10.9. The van der Waals surface area contributed by atoms with E-state index in [1.54, 1.807) is 0 Å². The van der Waals surface area contributed by atoms with Crippen LogP contribution >= 0.6 is 11.6 Å². The van der Waals surface area contributed by atoms with Crippen molar-refractivity contribution in [3.8, 4) is 11.5 Å². The van der Waals surface area contributed by atoms with Crippen LogP contribution in [-0.2, 0) is 0 Å². The maximum Gasteiger partial charge on any atom is 0.161 e. The summed E-state index contributed by atoms with van der Waals surface area (Å²) in [6.07, 6.45) is 3.86. The molecule has 0 aliphatic carbocycles. The largest absolute Gasteiger partial charge is 0.486 e. The first-order valence-electron chi connectivity index (χ1n) is 4.52. The molecule has 0 atom stereocenters. The van der Waals surface area contributed by atoms with Crippen molar-refractivity contribution in [2.45, 2.75) is 0 Å². The standard InChI is InChI=1S/C11H11ClO2/c12-5-1-2-9-3-4-10-11(8-9)14-7-6-13-10/h1-4,8H,5-7H2. The number of hydrogen-bond acceptors (Lipinski definition) is 2. The van der Waals surface area contributed by atoms with Crippen LogP contribution in [0, 0.1) is 0 Å². The van der Waals surface area contributed by atoms with Crippen molar-refractivity contribution in [3.63, 3.8) is 0 Å². The topological polar surface area (TPSA) is 18.5 Å². The van der Waals surface area contributed by atoms with Crippen molar-refractivity contribution in [1.82, 2.24) is 0 Å². The normalized spacial score (nSPS) is 14.6. The van der Waals surface area contributed by atoms with Crippen LogP contribution in [0.25, 0.3) is 6.08 Å². The Hall–Kier alpha value is -1.15. The van der Waals surface area contributed by atoms with E-state index >= 15 is 0 Å². The Morgan fingerprint density at radius 1 is 1.21 bits per heavy atom. The van der Waals surface area contributed by atoms with Crippen LogP contribution in [0.1, 0.15) is 5.56 Å². The minimum absolute atomic E-state index is 0.522. The molecule has 1 aliphatic rings. The zero-order valence-corrected chi connectivity index (χ0v) is 8.46. The second-order valence-corrected chi connectivity index (χ2v) is 3.27. The molecule has 0 saturated heterocycles. The molecule has 3 heteroatoms. The lowest BCUT2D eigenvalue weighted by Crippen LogP contribution is -2.15.